The van der Waals surface area contributed by atoms with E-state index in [1.807, 2.05) is 0 Å². The van der Waals surface area contributed by atoms with Gasteiger partial charge in [0, 0.05) is 6.54 Å². The van der Waals surface area contributed by atoms with Crippen LogP contribution in [0.3, 0.4) is 0 Å². The lowest BCUT2D eigenvalue weighted by Gasteiger charge is -2.27. The zero-order valence-corrected chi connectivity index (χ0v) is 10.4. The van der Waals surface area contributed by atoms with Crippen LogP contribution in [-0.2, 0) is 6.42 Å². The molecule has 3 rings (SSSR count). The van der Waals surface area contributed by atoms with E-state index in [1.54, 1.807) is 0 Å². The molecule has 2 aromatic carbocycles. The Bertz CT molecular complexity index is 481. The van der Waals surface area contributed by atoms with E-state index < -0.39 is 0 Å². The number of hydrogen-bond acceptors (Lipinski definition) is 1. The van der Waals surface area contributed by atoms with Crippen LogP contribution in [0.2, 0.25) is 0 Å². The minimum Gasteiger partial charge on any atom is -0.306 e. The SMILES string of the molecule is Cl.c1ccc(C2NCCc3ccccc32)cc1. The van der Waals surface area contributed by atoms with E-state index in [1.165, 1.54) is 16.7 Å². The molecule has 1 heterocycles. The van der Waals surface area contributed by atoms with Crippen LogP contribution in [0.15, 0.2) is 54.6 Å². The Balaban J connectivity index is 0.00000108. The van der Waals surface area contributed by atoms with E-state index in [-0.39, 0.29) is 12.4 Å². The minimum atomic E-state index is 0. The Labute approximate surface area is 108 Å². The summed E-state index contributed by atoms with van der Waals surface area (Å²) in [4.78, 5) is 0. The molecule has 1 unspecified atom stereocenters. The molecular weight excluding hydrogens is 230 g/mol. The molecule has 0 aromatic heterocycles. The molecule has 0 saturated carbocycles. The van der Waals surface area contributed by atoms with Crippen molar-refractivity contribution < 1.29 is 0 Å². The third-order valence-electron chi connectivity index (χ3n) is 3.24. The summed E-state index contributed by atoms with van der Waals surface area (Å²) in [7, 11) is 0. The van der Waals surface area contributed by atoms with Gasteiger partial charge in [-0.15, -0.1) is 12.4 Å². The fourth-order valence-corrected chi connectivity index (χ4v) is 2.45. The Hall–Kier alpha value is -1.31. The van der Waals surface area contributed by atoms with E-state index in [4.69, 9.17) is 0 Å². The van der Waals surface area contributed by atoms with Gasteiger partial charge < -0.3 is 5.32 Å². The van der Waals surface area contributed by atoms with Crippen molar-refractivity contribution in [1.82, 2.24) is 5.32 Å². The fourth-order valence-electron chi connectivity index (χ4n) is 2.45. The summed E-state index contributed by atoms with van der Waals surface area (Å²) < 4.78 is 0. The van der Waals surface area contributed by atoms with Gasteiger partial charge in [0.1, 0.15) is 0 Å². The minimum absolute atomic E-state index is 0. The summed E-state index contributed by atoms with van der Waals surface area (Å²) in [5.74, 6) is 0. The van der Waals surface area contributed by atoms with Crippen molar-refractivity contribution in [3.05, 3.63) is 71.3 Å². The maximum absolute atomic E-state index is 3.59. The molecule has 88 valence electrons. The summed E-state index contributed by atoms with van der Waals surface area (Å²) in [6.45, 7) is 1.07. The predicted molar refractivity (Wildman–Crippen MR) is 73.7 cm³/mol. The van der Waals surface area contributed by atoms with Crippen LogP contribution in [0.25, 0.3) is 0 Å². The summed E-state index contributed by atoms with van der Waals surface area (Å²) >= 11 is 0. The second-order valence-electron chi connectivity index (χ2n) is 4.25. The maximum Gasteiger partial charge on any atom is 0.0579 e. The van der Waals surface area contributed by atoms with Crippen LogP contribution in [0.5, 0.6) is 0 Å². The highest BCUT2D eigenvalue weighted by Gasteiger charge is 2.19. The first-order valence-corrected chi connectivity index (χ1v) is 5.81. The van der Waals surface area contributed by atoms with Crippen molar-refractivity contribution in [1.29, 1.82) is 0 Å². The summed E-state index contributed by atoms with van der Waals surface area (Å²) in [6.07, 6.45) is 1.14. The zero-order valence-electron chi connectivity index (χ0n) is 9.60. The van der Waals surface area contributed by atoms with Crippen molar-refractivity contribution in [2.24, 2.45) is 0 Å². The fraction of sp³-hybridized carbons (Fsp3) is 0.200. The van der Waals surface area contributed by atoms with E-state index >= 15 is 0 Å². The monoisotopic (exact) mass is 245 g/mol. The molecule has 2 aromatic rings. The lowest BCUT2D eigenvalue weighted by Crippen LogP contribution is -2.30. The zero-order chi connectivity index (χ0) is 10.8. The lowest BCUT2D eigenvalue weighted by atomic mass is 9.90. The molecule has 2 heteroatoms. The average Bonchev–Trinajstić information content (AvgIpc) is 2.39. The van der Waals surface area contributed by atoms with Gasteiger partial charge in [-0.3, -0.25) is 0 Å². The molecule has 0 amide bonds. The molecule has 1 N–H and O–H groups in total. The lowest BCUT2D eigenvalue weighted by molar-refractivity contribution is 0.568. The van der Waals surface area contributed by atoms with Gasteiger partial charge in [-0.05, 0) is 23.1 Å². The molecule has 0 saturated heterocycles. The van der Waals surface area contributed by atoms with Gasteiger partial charge in [0.15, 0.2) is 0 Å². The van der Waals surface area contributed by atoms with Gasteiger partial charge in [0.25, 0.3) is 0 Å². The molecule has 1 nitrogen and oxygen atoms in total. The van der Waals surface area contributed by atoms with Crippen LogP contribution in [-0.4, -0.2) is 6.54 Å². The van der Waals surface area contributed by atoms with E-state index in [9.17, 15) is 0 Å². The predicted octanol–water partition coefficient (Wildman–Crippen LogP) is 3.34. The second-order valence-corrected chi connectivity index (χ2v) is 4.25. The Morgan fingerprint density at radius 1 is 0.882 bits per heavy atom. The molecule has 0 aliphatic carbocycles. The van der Waals surface area contributed by atoms with Gasteiger partial charge in [0.2, 0.25) is 0 Å². The maximum atomic E-state index is 3.59. The van der Waals surface area contributed by atoms with Crippen molar-refractivity contribution in [3.63, 3.8) is 0 Å². The summed E-state index contributed by atoms with van der Waals surface area (Å²) in [6, 6.07) is 19.8. The number of nitrogens with one attached hydrogen (secondary N) is 1. The van der Waals surface area contributed by atoms with Crippen LogP contribution in [0, 0.1) is 0 Å². The normalized spacial score (nSPS) is 18.0. The Morgan fingerprint density at radius 3 is 2.41 bits per heavy atom. The van der Waals surface area contributed by atoms with Gasteiger partial charge in [-0.25, -0.2) is 0 Å². The molecule has 1 aliphatic rings. The quantitative estimate of drug-likeness (QED) is 0.813. The van der Waals surface area contributed by atoms with Crippen molar-refractivity contribution >= 4 is 12.4 Å². The van der Waals surface area contributed by atoms with Gasteiger partial charge in [-0.1, -0.05) is 54.6 Å². The largest absolute Gasteiger partial charge is 0.306 e. The molecule has 0 spiro atoms. The highest BCUT2D eigenvalue weighted by Crippen LogP contribution is 2.27. The number of rotatable bonds is 1. The first kappa shape index (κ1) is 12.2. The molecule has 0 fully saturated rings. The summed E-state index contributed by atoms with van der Waals surface area (Å²) in [5, 5.41) is 3.59. The standard InChI is InChI=1S/C15H15N.ClH/c1-2-7-13(8-3-1)15-14-9-5-4-6-12(14)10-11-16-15;/h1-9,15-16H,10-11H2;1H. The van der Waals surface area contributed by atoms with Gasteiger partial charge in [-0.2, -0.15) is 0 Å². The third-order valence-corrected chi connectivity index (χ3v) is 3.24. The molecule has 1 aliphatic heterocycles. The van der Waals surface area contributed by atoms with Crippen LogP contribution < -0.4 is 5.32 Å². The third kappa shape index (κ3) is 2.36. The molecule has 0 bridgehead atoms. The van der Waals surface area contributed by atoms with Crippen molar-refractivity contribution in [2.45, 2.75) is 12.5 Å². The highest BCUT2D eigenvalue weighted by molar-refractivity contribution is 5.85. The number of hydrogen-bond donors (Lipinski definition) is 1. The average molecular weight is 246 g/mol. The number of halogens is 1. The van der Waals surface area contributed by atoms with Crippen molar-refractivity contribution in [3.8, 4) is 0 Å². The summed E-state index contributed by atoms with van der Waals surface area (Å²) in [5.41, 5.74) is 4.27. The van der Waals surface area contributed by atoms with E-state index in [0.717, 1.165) is 13.0 Å². The van der Waals surface area contributed by atoms with Gasteiger partial charge >= 0.3 is 0 Å². The number of benzene rings is 2. The topological polar surface area (TPSA) is 12.0 Å². The first-order valence-electron chi connectivity index (χ1n) is 5.81. The van der Waals surface area contributed by atoms with Crippen LogP contribution >= 0.6 is 12.4 Å². The van der Waals surface area contributed by atoms with Crippen LogP contribution in [0.4, 0.5) is 0 Å². The second kappa shape index (κ2) is 5.35. The van der Waals surface area contributed by atoms with Crippen molar-refractivity contribution in [2.75, 3.05) is 6.54 Å². The Morgan fingerprint density at radius 2 is 1.59 bits per heavy atom. The molecule has 1 atom stereocenters. The molecule has 17 heavy (non-hydrogen) atoms. The van der Waals surface area contributed by atoms with Crippen LogP contribution in [0.1, 0.15) is 22.7 Å². The van der Waals surface area contributed by atoms with E-state index in [0.29, 0.717) is 6.04 Å². The van der Waals surface area contributed by atoms with Gasteiger partial charge in [0.05, 0.1) is 6.04 Å². The molecule has 0 radical (unpaired) electrons. The first-order chi connectivity index (χ1) is 7.95. The smallest absolute Gasteiger partial charge is 0.0579 e. The molecular formula is C15H16ClN. The number of fused-ring (bicyclic) bond motifs is 1. The Kier molecular flexibility index (Phi) is 3.82. The van der Waals surface area contributed by atoms with E-state index in [2.05, 4.69) is 59.9 Å². The highest BCUT2D eigenvalue weighted by atomic mass is 35.5.